The van der Waals surface area contributed by atoms with Crippen molar-refractivity contribution in [3.8, 4) is 11.5 Å². The fraction of sp³-hybridized carbons (Fsp3) is 0.480. The normalized spacial score (nSPS) is 22.6. The molecule has 7 nitrogen and oxygen atoms in total. The number of rotatable bonds is 3. The van der Waals surface area contributed by atoms with Gasteiger partial charge in [0, 0.05) is 20.1 Å². The highest BCUT2D eigenvalue weighted by Crippen LogP contribution is 2.35. The minimum absolute atomic E-state index is 0.108. The van der Waals surface area contributed by atoms with Gasteiger partial charge in [0.2, 0.25) is 10.0 Å². The van der Waals surface area contributed by atoms with Crippen molar-refractivity contribution >= 4 is 15.9 Å². The number of fused-ring (bicyclic) bond motifs is 2. The molecule has 1 saturated carbocycles. The lowest BCUT2D eigenvalue weighted by Crippen LogP contribution is -2.51. The standard InChI is InChI=1S/C25H31FN2O5S/c1-27-15-7-8-16-28(34(30,31)24-17-18(26)13-14-23(24)32-2)20-10-4-6-12-22(20)33-21-11-5-3-9-19(21)25(27)29/h3,5,9,11,13-14,17,20,22H,4,6-8,10,12,15-16H2,1-2H3/t20-,22+/m1/s1. The molecular weight excluding hydrogens is 459 g/mol. The number of benzene rings is 2. The van der Waals surface area contributed by atoms with E-state index in [1.54, 1.807) is 30.1 Å². The van der Waals surface area contributed by atoms with Gasteiger partial charge in [-0.2, -0.15) is 4.31 Å². The van der Waals surface area contributed by atoms with Crippen LogP contribution in [0.2, 0.25) is 0 Å². The number of halogens is 1. The number of methoxy groups -OCH3 is 1. The summed E-state index contributed by atoms with van der Waals surface area (Å²) in [6.45, 7) is 0.731. The molecule has 2 aromatic rings. The van der Waals surface area contributed by atoms with Gasteiger partial charge in [0.25, 0.3) is 5.91 Å². The van der Waals surface area contributed by atoms with Crippen molar-refractivity contribution < 1.29 is 27.1 Å². The Labute approximate surface area is 200 Å². The van der Waals surface area contributed by atoms with E-state index in [1.807, 2.05) is 6.07 Å². The van der Waals surface area contributed by atoms with E-state index in [9.17, 15) is 17.6 Å². The Hall–Kier alpha value is -2.65. The predicted molar refractivity (Wildman–Crippen MR) is 126 cm³/mol. The first-order chi connectivity index (χ1) is 16.3. The average Bonchev–Trinajstić information content (AvgIpc) is 2.83. The number of carbonyl (C=O) groups is 1. The van der Waals surface area contributed by atoms with E-state index in [-0.39, 0.29) is 23.1 Å². The minimum atomic E-state index is -4.08. The van der Waals surface area contributed by atoms with E-state index < -0.39 is 28.0 Å². The molecule has 0 bridgehead atoms. The largest absolute Gasteiger partial charge is 0.495 e. The van der Waals surface area contributed by atoms with Crippen LogP contribution in [-0.4, -0.2) is 62.9 Å². The summed E-state index contributed by atoms with van der Waals surface area (Å²) >= 11 is 0. The second-order valence-corrected chi connectivity index (χ2v) is 10.7. The first-order valence-electron chi connectivity index (χ1n) is 11.7. The Balaban J connectivity index is 1.78. The maximum absolute atomic E-state index is 14.1. The van der Waals surface area contributed by atoms with E-state index >= 15 is 0 Å². The summed E-state index contributed by atoms with van der Waals surface area (Å²) in [5.74, 6) is -0.189. The van der Waals surface area contributed by atoms with Gasteiger partial charge >= 0.3 is 0 Å². The monoisotopic (exact) mass is 490 g/mol. The second kappa shape index (κ2) is 10.3. The summed E-state index contributed by atoms with van der Waals surface area (Å²) in [6.07, 6.45) is 3.80. The number of amides is 1. The molecule has 1 aliphatic heterocycles. The van der Waals surface area contributed by atoms with Gasteiger partial charge in [-0.15, -0.1) is 0 Å². The second-order valence-electron chi connectivity index (χ2n) is 8.85. The van der Waals surface area contributed by atoms with Gasteiger partial charge in [-0.05, 0) is 62.4 Å². The number of sulfonamides is 1. The fourth-order valence-corrected chi connectivity index (χ4v) is 6.71. The highest BCUT2D eigenvalue weighted by atomic mass is 32.2. The van der Waals surface area contributed by atoms with Gasteiger partial charge in [0.15, 0.2) is 0 Å². The van der Waals surface area contributed by atoms with Crippen LogP contribution in [0.4, 0.5) is 4.39 Å². The number of hydrogen-bond donors (Lipinski definition) is 0. The summed E-state index contributed by atoms with van der Waals surface area (Å²) in [6, 6.07) is 10.2. The number of carbonyl (C=O) groups excluding carboxylic acids is 1. The van der Waals surface area contributed by atoms with Crippen LogP contribution in [0.15, 0.2) is 47.4 Å². The molecular formula is C25H31FN2O5S. The quantitative estimate of drug-likeness (QED) is 0.648. The van der Waals surface area contributed by atoms with Crippen molar-refractivity contribution in [2.45, 2.75) is 55.6 Å². The Morgan fingerprint density at radius 1 is 1.03 bits per heavy atom. The Morgan fingerprint density at radius 3 is 2.56 bits per heavy atom. The number of para-hydroxylation sites is 1. The Kier molecular flexibility index (Phi) is 7.42. The molecule has 0 N–H and O–H groups in total. The number of hydrogen-bond acceptors (Lipinski definition) is 5. The molecule has 2 aliphatic rings. The van der Waals surface area contributed by atoms with E-state index in [2.05, 4.69) is 0 Å². The predicted octanol–water partition coefficient (Wildman–Crippen LogP) is 4.08. The van der Waals surface area contributed by atoms with Crippen molar-refractivity contribution in [2.24, 2.45) is 0 Å². The minimum Gasteiger partial charge on any atom is -0.495 e. The molecule has 1 fully saturated rings. The third-order valence-corrected chi connectivity index (χ3v) is 8.56. The maximum Gasteiger partial charge on any atom is 0.257 e. The van der Waals surface area contributed by atoms with Gasteiger partial charge in [0.1, 0.15) is 28.3 Å². The summed E-state index contributed by atoms with van der Waals surface area (Å²) in [5, 5.41) is 0. The molecule has 184 valence electrons. The molecule has 4 rings (SSSR count). The number of nitrogens with zero attached hydrogens (tertiary/aromatic N) is 2. The van der Waals surface area contributed by atoms with Crippen LogP contribution in [0.25, 0.3) is 0 Å². The maximum atomic E-state index is 14.1. The lowest BCUT2D eigenvalue weighted by Gasteiger charge is -2.40. The van der Waals surface area contributed by atoms with Crippen LogP contribution in [0.3, 0.4) is 0 Å². The molecule has 2 aromatic carbocycles. The Morgan fingerprint density at radius 2 is 1.76 bits per heavy atom. The van der Waals surface area contributed by atoms with Crippen molar-refractivity contribution in [1.82, 2.24) is 9.21 Å². The number of ether oxygens (including phenoxy) is 2. The van der Waals surface area contributed by atoms with E-state index in [0.717, 1.165) is 18.9 Å². The zero-order valence-corrected chi connectivity index (χ0v) is 20.4. The first kappa shape index (κ1) is 24.5. The molecule has 2 atom stereocenters. The average molecular weight is 491 g/mol. The van der Waals surface area contributed by atoms with Gasteiger partial charge < -0.3 is 14.4 Å². The van der Waals surface area contributed by atoms with Crippen LogP contribution < -0.4 is 9.47 Å². The lowest BCUT2D eigenvalue weighted by molar-refractivity contribution is 0.0657. The lowest BCUT2D eigenvalue weighted by atomic mass is 9.92. The van der Waals surface area contributed by atoms with E-state index in [4.69, 9.17) is 9.47 Å². The molecule has 1 amide bonds. The molecule has 0 saturated heterocycles. The zero-order valence-electron chi connectivity index (χ0n) is 19.6. The molecule has 34 heavy (non-hydrogen) atoms. The topological polar surface area (TPSA) is 76.2 Å². The summed E-state index contributed by atoms with van der Waals surface area (Å²) in [5.41, 5.74) is 0.469. The molecule has 0 radical (unpaired) electrons. The van der Waals surface area contributed by atoms with Crippen molar-refractivity contribution in [1.29, 1.82) is 0 Å². The summed E-state index contributed by atoms with van der Waals surface area (Å²) in [7, 11) is -0.970. The van der Waals surface area contributed by atoms with Crippen molar-refractivity contribution in [2.75, 3.05) is 27.2 Å². The molecule has 1 heterocycles. The fourth-order valence-electron chi connectivity index (χ4n) is 4.82. The first-order valence-corrected chi connectivity index (χ1v) is 13.1. The highest BCUT2D eigenvalue weighted by molar-refractivity contribution is 7.89. The van der Waals surface area contributed by atoms with Gasteiger partial charge in [-0.25, -0.2) is 12.8 Å². The van der Waals surface area contributed by atoms with Gasteiger partial charge in [-0.3, -0.25) is 4.79 Å². The molecule has 0 aromatic heterocycles. The van der Waals surface area contributed by atoms with Gasteiger partial charge in [0.05, 0.1) is 18.7 Å². The molecule has 9 heteroatoms. The van der Waals surface area contributed by atoms with Crippen LogP contribution in [0.1, 0.15) is 48.9 Å². The third-order valence-electron chi connectivity index (χ3n) is 6.61. The van der Waals surface area contributed by atoms with Crippen LogP contribution in [-0.2, 0) is 10.0 Å². The molecule has 0 unspecified atom stereocenters. The van der Waals surface area contributed by atoms with E-state index in [0.29, 0.717) is 43.5 Å². The molecule has 0 spiro atoms. The van der Waals surface area contributed by atoms with Crippen LogP contribution in [0, 0.1) is 5.82 Å². The van der Waals surface area contributed by atoms with Crippen LogP contribution >= 0.6 is 0 Å². The van der Waals surface area contributed by atoms with Crippen molar-refractivity contribution in [3.05, 3.63) is 53.8 Å². The van der Waals surface area contributed by atoms with Gasteiger partial charge in [-0.1, -0.05) is 18.6 Å². The highest BCUT2D eigenvalue weighted by Gasteiger charge is 2.40. The summed E-state index contributed by atoms with van der Waals surface area (Å²) in [4.78, 5) is 14.5. The van der Waals surface area contributed by atoms with E-state index in [1.165, 1.54) is 23.5 Å². The van der Waals surface area contributed by atoms with Crippen LogP contribution in [0.5, 0.6) is 11.5 Å². The van der Waals surface area contributed by atoms with Crippen molar-refractivity contribution in [3.63, 3.8) is 0 Å². The third kappa shape index (κ3) is 4.90. The molecule has 1 aliphatic carbocycles. The zero-order chi connectivity index (χ0) is 24.3. The Bertz CT molecular complexity index is 1140. The smallest absolute Gasteiger partial charge is 0.257 e. The SMILES string of the molecule is COc1ccc(F)cc1S(=O)(=O)N1CCCCN(C)C(=O)c2ccccc2O[C@H]2CCCC[C@H]21. The summed E-state index contributed by atoms with van der Waals surface area (Å²) < 4.78 is 55.1.